The number of fused-ring (bicyclic) bond motifs is 1. The summed E-state index contributed by atoms with van der Waals surface area (Å²) in [7, 11) is 0. The number of allylic oxidation sites excluding steroid dienone is 2. The van der Waals surface area contributed by atoms with Crippen molar-refractivity contribution in [2.45, 2.75) is 45.6 Å². The molecule has 0 radical (unpaired) electrons. The number of hydrogen-bond acceptors (Lipinski definition) is 3. The van der Waals surface area contributed by atoms with E-state index in [9.17, 15) is 9.59 Å². The number of carboxylic acid groups (broad SMARTS) is 1. The lowest BCUT2D eigenvalue weighted by molar-refractivity contribution is -0.142. The lowest BCUT2D eigenvalue weighted by atomic mass is 9.84. The molecule has 1 aliphatic carbocycles. The Bertz CT molecular complexity index is 447. The second kappa shape index (κ2) is 5.59. The van der Waals surface area contributed by atoms with Crippen LogP contribution in [0.1, 0.15) is 39.5 Å². The predicted molar refractivity (Wildman–Crippen MR) is 70.5 cm³/mol. The molecule has 1 fully saturated rings. The maximum absolute atomic E-state index is 11.7. The molecule has 0 spiro atoms. The van der Waals surface area contributed by atoms with Crippen molar-refractivity contribution in [3.63, 3.8) is 0 Å². The summed E-state index contributed by atoms with van der Waals surface area (Å²) >= 11 is 0. The zero-order chi connectivity index (χ0) is 14.0. The number of rotatable bonds is 1. The fourth-order valence-corrected chi connectivity index (χ4v) is 2.82. The summed E-state index contributed by atoms with van der Waals surface area (Å²) in [5.74, 6) is -1.08. The Hall–Kier alpha value is -1.58. The third kappa shape index (κ3) is 3.06. The first-order valence-corrected chi connectivity index (χ1v) is 6.79. The number of carboxylic acids is 1. The minimum absolute atomic E-state index is 0.0864. The van der Waals surface area contributed by atoms with Crippen molar-refractivity contribution < 1.29 is 19.4 Å². The molecule has 0 bridgehead atoms. The topological polar surface area (TPSA) is 63.6 Å². The highest BCUT2D eigenvalue weighted by molar-refractivity contribution is 5.86. The molecule has 1 saturated heterocycles. The van der Waals surface area contributed by atoms with Gasteiger partial charge in [0.2, 0.25) is 0 Å². The quantitative estimate of drug-likeness (QED) is 0.584. The van der Waals surface area contributed by atoms with E-state index in [0.717, 1.165) is 18.4 Å². The van der Waals surface area contributed by atoms with Gasteiger partial charge in [0.1, 0.15) is 6.10 Å². The second-order valence-corrected chi connectivity index (χ2v) is 5.48. The number of carbonyl (C=O) groups is 2. The van der Waals surface area contributed by atoms with Gasteiger partial charge in [0.25, 0.3) is 0 Å². The summed E-state index contributed by atoms with van der Waals surface area (Å²) in [6, 6.07) is 0. The fraction of sp³-hybridized carbons (Fsp3) is 0.600. The van der Waals surface area contributed by atoms with Gasteiger partial charge in [-0.1, -0.05) is 18.6 Å². The van der Waals surface area contributed by atoms with Crippen LogP contribution < -0.4 is 0 Å². The molecule has 2 rings (SSSR count). The van der Waals surface area contributed by atoms with Crippen molar-refractivity contribution in [2.75, 3.05) is 0 Å². The number of ether oxygens (including phenoxy) is 1. The van der Waals surface area contributed by atoms with Gasteiger partial charge in [-0.05, 0) is 38.7 Å². The molecule has 0 amide bonds. The summed E-state index contributed by atoms with van der Waals surface area (Å²) in [4.78, 5) is 22.8. The minimum Gasteiger partial charge on any atom is -0.478 e. The van der Waals surface area contributed by atoms with Gasteiger partial charge in [-0.3, -0.25) is 4.79 Å². The van der Waals surface area contributed by atoms with Gasteiger partial charge in [0, 0.05) is 11.5 Å². The zero-order valence-electron chi connectivity index (χ0n) is 11.4. The van der Waals surface area contributed by atoms with Gasteiger partial charge >= 0.3 is 11.9 Å². The molecule has 1 N–H and O–H groups in total. The second-order valence-electron chi connectivity index (χ2n) is 5.48. The molecule has 104 valence electrons. The van der Waals surface area contributed by atoms with E-state index in [1.807, 2.05) is 26.0 Å². The average molecular weight is 264 g/mol. The van der Waals surface area contributed by atoms with Gasteiger partial charge in [0.15, 0.2) is 0 Å². The number of carbonyl (C=O) groups excluding carboxylic acids is 1. The Kier molecular flexibility index (Phi) is 4.08. The van der Waals surface area contributed by atoms with Gasteiger partial charge in [-0.25, -0.2) is 4.79 Å². The van der Waals surface area contributed by atoms with E-state index in [-0.39, 0.29) is 23.9 Å². The van der Waals surface area contributed by atoms with E-state index in [4.69, 9.17) is 9.84 Å². The summed E-state index contributed by atoms with van der Waals surface area (Å²) in [6.07, 6.45) is 6.38. The molecule has 4 heteroatoms. The molecule has 3 atom stereocenters. The maximum Gasteiger partial charge on any atom is 0.331 e. The third-order valence-corrected chi connectivity index (χ3v) is 4.09. The van der Waals surface area contributed by atoms with Gasteiger partial charge in [-0.15, -0.1) is 0 Å². The standard InChI is InChI=1S/C15H20O4/c1-9-4-3-5-11(14(16)17)6-7-12-10(2)15(18)19-13(12)8-9/h5,8,10,12-13H,3-4,6-7H2,1-2H3,(H,16,17)/b9-8+,11-5-/t10-,12+,13-/m1/s1. The van der Waals surface area contributed by atoms with Crippen molar-refractivity contribution in [3.8, 4) is 0 Å². The fourth-order valence-electron chi connectivity index (χ4n) is 2.82. The molecule has 0 aromatic heterocycles. The molecule has 0 unspecified atom stereocenters. The molecule has 0 aromatic rings. The highest BCUT2D eigenvalue weighted by Gasteiger charge is 2.40. The van der Waals surface area contributed by atoms with Crippen molar-refractivity contribution in [3.05, 3.63) is 23.3 Å². The van der Waals surface area contributed by atoms with Crippen LogP contribution in [0.3, 0.4) is 0 Å². The Morgan fingerprint density at radius 2 is 2.16 bits per heavy atom. The number of aliphatic carboxylic acids is 1. The van der Waals surface area contributed by atoms with E-state index in [1.165, 1.54) is 0 Å². The molecule has 1 aliphatic heterocycles. The molecule has 2 aliphatic rings. The summed E-state index contributed by atoms with van der Waals surface area (Å²) < 4.78 is 5.39. The lowest BCUT2D eigenvalue weighted by Gasteiger charge is -2.19. The van der Waals surface area contributed by atoms with E-state index in [2.05, 4.69) is 0 Å². The van der Waals surface area contributed by atoms with Crippen LogP contribution in [0.15, 0.2) is 23.3 Å². The van der Waals surface area contributed by atoms with Crippen LogP contribution in [-0.4, -0.2) is 23.1 Å². The van der Waals surface area contributed by atoms with Crippen LogP contribution in [0.4, 0.5) is 0 Å². The largest absolute Gasteiger partial charge is 0.478 e. The van der Waals surface area contributed by atoms with Crippen LogP contribution in [-0.2, 0) is 14.3 Å². The molecule has 19 heavy (non-hydrogen) atoms. The summed E-state index contributed by atoms with van der Waals surface area (Å²) in [5.41, 5.74) is 1.61. The van der Waals surface area contributed by atoms with Gasteiger partial charge < -0.3 is 9.84 Å². The number of esters is 1. The smallest absolute Gasteiger partial charge is 0.331 e. The molecular weight excluding hydrogens is 244 g/mol. The van der Waals surface area contributed by atoms with Crippen molar-refractivity contribution in [2.24, 2.45) is 11.8 Å². The van der Waals surface area contributed by atoms with Gasteiger partial charge in [-0.2, -0.15) is 0 Å². The average Bonchev–Trinajstić information content (AvgIpc) is 2.60. The molecule has 0 aromatic carbocycles. The van der Waals surface area contributed by atoms with Gasteiger partial charge in [0.05, 0.1) is 5.92 Å². The van der Waals surface area contributed by atoms with Crippen molar-refractivity contribution in [1.82, 2.24) is 0 Å². The highest BCUT2D eigenvalue weighted by Crippen LogP contribution is 2.35. The van der Waals surface area contributed by atoms with E-state index in [0.29, 0.717) is 18.4 Å². The van der Waals surface area contributed by atoms with Crippen LogP contribution >= 0.6 is 0 Å². The Balaban J connectivity index is 2.23. The zero-order valence-corrected chi connectivity index (χ0v) is 11.4. The predicted octanol–water partition coefficient (Wildman–Crippen LogP) is 2.70. The lowest BCUT2D eigenvalue weighted by Crippen LogP contribution is -2.19. The Morgan fingerprint density at radius 3 is 2.84 bits per heavy atom. The molecule has 4 nitrogen and oxygen atoms in total. The Morgan fingerprint density at radius 1 is 1.42 bits per heavy atom. The molecular formula is C15H20O4. The first-order chi connectivity index (χ1) is 8.99. The summed E-state index contributed by atoms with van der Waals surface area (Å²) in [5, 5.41) is 9.16. The number of hydrogen-bond donors (Lipinski definition) is 1. The monoisotopic (exact) mass is 264 g/mol. The highest BCUT2D eigenvalue weighted by atomic mass is 16.6. The first-order valence-electron chi connectivity index (χ1n) is 6.79. The Labute approximate surface area is 113 Å². The first kappa shape index (κ1) is 13.8. The summed E-state index contributed by atoms with van der Waals surface area (Å²) in [6.45, 7) is 3.87. The maximum atomic E-state index is 11.7. The van der Waals surface area contributed by atoms with Crippen LogP contribution in [0, 0.1) is 11.8 Å². The minimum atomic E-state index is -0.850. The van der Waals surface area contributed by atoms with E-state index in [1.54, 1.807) is 0 Å². The van der Waals surface area contributed by atoms with Crippen LogP contribution in [0.5, 0.6) is 0 Å². The van der Waals surface area contributed by atoms with E-state index >= 15 is 0 Å². The van der Waals surface area contributed by atoms with Crippen LogP contribution in [0.25, 0.3) is 0 Å². The molecule has 1 heterocycles. The normalized spacial score (nSPS) is 37.4. The van der Waals surface area contributed by atoms with Crippen molar-refractivity contribution in [1.29, 1.82) is 0 Å². The third-order valence-electron chi connectivity index (χ3n) is 4.09. The van der Waals surface area contributed by atoms with E-state index < -0.39 is 5.97 Å². The SMILES string of the molecule is C/C1=C\[C@H]2OC(=O)[C@H](C)[C@@H]2CC/C(C(=O)O)=C/CC1. The molecule has 0 saturated carbocycles. The van der Waals surface area contributed by atoms with Crippen LogP contribution in [0.2, 0.25) is 0 Å². The van der Waals surface area contributed by atoms with Crippen molar-refractivity contribution >= 4 is 11.9 Å².